The molecule has 0 saturated heterocycles. The second-order valence-corrected chi connectivity index (χ2v) is 8.12. The highest BCUT2D eigenvalue weighted by molar-refractivity contribution is 5.94. The fourth-order valence-corrected chi connectivity index (χ4v) is 3.43. The van der Waals surface area contributed by atoms with E-state index in [1.165, 1.54) is 24.3 Å². The van der Waals surface area contributed by atoms with Crippen molar-refractivity contribution in [3.63, 3.8) is 0 Å². The predicted octanol–water partition coefficient (Wildman–Crippen LogP) is 4.41. The van der Waals surface area contributed by atoms with Crippen molar-refractivity contribution in [3.8, 4) is 5.75 Å². The molecule has 1 aliphatic carbocycles. The first-order valence-electron chi connectivity index (χ1n) is 10.9. The van der Waals surface area contributed by atoms with Crippen LogP contribution in [-0.2, 0) is 17.9 Å². The van der Waals surface area contributed by atoms with Gasteiger partial charge in [-0.3, -0.25) is 14.5 Å². The van der Waals surface area contributed by atoms with Crippen LogP contribution in [0.4, 0.5) is 14.5 Å². The summed E-state index contributed by atoms with van der Waals surface area (Å²) in [5, 5.41) is 5.72. The lowest BCUT2D eigenvalue weighted by molar-refractivity contribution is -0.117. The van der Waals surface area contributed by atoms with E-state index in [4.69, 9.17) is 4.42 Å². The minimum Gasteiger partial charge on any atom is -0.468 e. The average molecular weight is 469 g/mol. The smallest absolute Gasteiger partial charge is 0.387 e. The summed E-state index contributed by atoms with van der Waals surface area (Å²) in [6.45, 7) is -1.97. The Labute approximate surface area is 195 Å². The maximum Gasteiger partial charge on any atom is 0.387 e. The molecule has 7 nitrogen and oxygen atoms in total. The molecule has 3 aromatic rings. The summed E-state index contributed by atoms with van der Waals surface area (Å²) in [7, 11) is 0. The van der Waals surface area contributed by atoms with E-state index in [9.17, 15) is 18.4 Å². The molecule has 0 atom stereocenters. The molecule has 0 unspecified atom stereocenters. The highest BCUT2D eigenvalue weighted by Crippen LogP contribution is 2.20. The van der Waals surface area contributed by atoms with Crippen LogP contribution >= 0.6 is 0 Å². The Hall–Kier alpha value is -3.72. The van der Waals surface area contributed by atoms with Crippen LogP contribution in [0.2, 0.25) is 0 Å². The summed E-state index contributed by atoms with van der Waals surface area (Å²) in [5.41, 5.74) is 2.01. The Morgan fingerprint density at radius 2 is 1.76 bits per heavy atom. The maximum absolute atomic E-state index is 12.7. The third kappa shape index (κ3) is 7.14. The number of hydrogen-bond acceptors (Lipinski definition) is 5. The molecule has 0 bridgehead atoms. The largest absolute Gasteiger partial charge is 0.468 e. The molecule has 2 aromatic carbocycles. The van der Waals surface area contributed by atoms with Crippen molar-refractivity contribution < 1.29 is 27.5 Å². The zero-order valence-corrected chi connectivity index (χ0v) is 18.4. The van der Waals surface area contributed by atoms with Gasteiger partial charge in [0.1, 0.15) is 11.5 Å². The Balaban J connectivity index is 1.37. The molecule has 0 radical (unpaired) electrons. The van der Waals surface area contributed by atoms with E-state index in [1.54, 1.807) is 24.5 Å². The predicted molar refractivity (Wildman–Crippen MR) is 121 cm³/mol. The molecule has 4 rings (SSSR count). The van der Waals surface area contributed by atoms with E-state index in [0.717, 1.165) is 18.4 Å². The van der Waals surface area contributed by atoms with Gasteiger partial charge in [-0.2, -0.15) is 8.78 Å². The topological polar surface area (TPSA) is 83.8 Å². The number of benzene rings is 2. The van der Waals surface area contributed by atoms with Crippen molar-refractivity contribution >= 4 is 17.5 Å². The second-order valence-electron chi connectivity index (χ2n) is 8.12. The third-order valence-electron chi connectivity index (χ3n) is 5.22. The number of halogens is 2. The lowest BCUT2D eigenvalue weighted by atomic mass is 10.1. The Morgan fingerprint density at radius 3 is 2.38 bits per heavy atom. The lowest BCUT2D eigenvalue weighted by Crippen LogP contribution is -2.32. The number of ether oxygens (including phenoxy) is 1. The number of alkyl halides is 2. The lowest BCUT2D eigenvalue weighted by Gasteiger charge is -2.21. The normalized spacial score (nSPS) is 13.2. The molecule has 178 valence electrons. The zero-order chi connectivity index (χ0) is 23.9. The molecule has 0 aliphatic heterocycles. The Morgan fingerprint density at radius 1 is 1.03 bits per heavy atom. The van der Waals surface area contributed by atoms with Gasteiger partial charge < -0.3 is 19.8 Å². The quantitative estimate of drug-likeness (QED) is 0.435. The number of amides is 2. The van der Waals surface area contributed by atoms with Crippen molar-refractivity contribution in [3.05, 3.63) is 83.8 Å². The number of hydrogen-bond donors (Lipinski definition) is 2. The first-order chi connectivity index (χ1) is 16.4. The maximum atomic E-state index is 12.7. The van der Waals surface area contributed by atoms with Crippen LogP contribution in [0.5, 0.6) is 5.75 Å². The fraction of sp³-hybridized carbons (Fsp3) is 0.280. The number of nitrogens with one attached hydrogen (secondary N) is 2. The first kappa shape index (κ1) is 23.4. The van der Waals surface area contributed by atoms with Gasteiger partial charge >= 0.3 is 6.61 Å². The van der Waals surface area contributed by atoms with Crippen molar-refractivity contribution in [1.82, 2.24) is 10.2 Å². The molecule has 2 N–H and O–H groups in total. The number of anilines is 1. The van der Waals surface area contributed by atoms with Crippen LogP contribution in [0, 0.1) is 0 Å². The van der Waals surface area contributed by atoms with Crippen molar-refractivity contribution in [1.29, 1.82) is 0 Å². The van der Waals surface area contributed by atoms with Crippen LogP contribution in [0.15, 0.2) is 71.3 Å². The summed E-state index contributed by atoms with van der Waals surface area (Å²) in [4.78, 5) is 26.8. The van der Waals surface area contributed by atoms with Crippen LogP contribution in [-0.4, -0.2) is 35.9 Å². The van der Waals surface area contributed by atoms with E-state index in [2.05, 4.69) is 15.4 Å². The minimum atomic E-state index is -2.91. The summed E-state index contributed by atoms with van der Waals surface area (Å²) in [5.74, 6) is 0.379. The van der Waals surface area contributed by atoms with E-state index >= 15 is 0 Å². The Bertz CT molecular complexity index is 1080. The molecule has 2 amide bonds. The Kier molecular flexibility index (Phi) is 7.54. The first-order valence-corrected chi connectivity index (χ1v) is 10.9. The number of carbonyl (C=O) groups is 2. The molecule has 1 aromatic heterocycles. The summed E-state index contributed by atoms with van der Waals surface area (Å²) < 4.78 is 34.4. The van der Waals surface area contributed by atoms with Crippen LogP contribution in [0.1, 0.15) is 34.5 Å². The highest BCUT2D eigenvalue weighted by Gasteiger charge is 2.23. The van der Waals surface area contributed by atoms with Gasteiger partial charge in [0.25, 0.3) is 5.91 Å². The van der Waals surface area contributed by atoms with Crippen molar-refractivity contribution in [2.24, 2.45) is 0 Å². The zero-order valence-electron chi connectivity index (χ0n) is 18.4. The van der Waals surface area contributed by atoms with E-state index < -0.39 is 6.61 Å². The van der Waals surface area contributed by atoms with Gasteiger partial charge in [0.2, 0.25) is 5.91 Å². The summed E-state index contributed by atoms with van der Waals surface area (Å²) >= 11 is 0. The van der Waals surface area contributed by atoms with Gasteiger partial charge in [-0.15, -0.1) is 0 Å². The summed E-state index contributed by atoms with van der Waals surface area (Å²) in [6, 6.07) is 16.9. The minimum absolute atomic E-state index is 0.0155. The van der Waals surface area contributed by atoms with Crippen LogP contribution in [0.25, 0.3) is 0 Å². The highest BCUT2D eigenvalue weighted by atomic mass is 19.3. The second kappa shape index (κ2) is 10.9. The van der Waals surface area contributed by atoms with Gasteiger partial charge in [-0.05, 0) is 66.9 Å². The van der Waals surface area contributed by atoms with Gasteiger partial charge in [0.15, 0.2) is 0 Å². The molecule has 1 saturated carbocycles. The summed E-state index contributed by atoms with van der Waals surface area (Å²) in [6.07, 6.45) is 3.63. The molecule has 0 spiro atoms. The van der Waals surface area contributed by atoms with E-state index in [0.29, 0.717) is 36.1 Å². The molecular weight excluding hydrogens is 444 g/mol. The van der Waals surface area contributed by atoms with Crippen molar-refractivity contribution in [2.45, 2.75) is 38.6 Å². The number of furan rings is 1. The van der Waals surface area contributed by atoms with Gasteiger partial charge in [0.05, 0.1) is 19.4 Å². The average Bonchev–Trinajstić information content (AvgIpc) is 3.47. The fourth-order valence-electron chi connectivity index (χ4n) is 3.43. The van der Waals surface area contributed by atoms with E-state index in [1.807, 2.05) is 23.1 Å². The molecule has 34 heavy (non-hydrogen) atoms. The van der Waals surface area contributed by atoms with E-state index in [-0.39, 0.29) is 24.1 Å². The number of nitrogens with zero attached hydrogens (tertiary/aromatic N) is 1. The van der Waals surface area contributed by atoms with Crippen molar-refractivity contribution in [2.75, 3.05) is 11.9 Å². The molecule has 1 aliphatic rings. The molecule has 9 heteroatoms. The van der Waals surface area contributed by atoms with Gasteiger partial charge in [0, 0.05) is 23.8 Å². The standard InChI is InChI=1S/C25H25F2N3O4/c26-25(27)34-21-11-9-19(10-12-21)28-23(31)16-30(15-22-2-1-13-33-22)14-17-3-5-18(6-4-17)24(32)29-20-7-8-20/h1-6,9-13,20,25H,7-8,14-16H2,(H,28,31)(H,29,32). The number of rotatable bonds is 11. The van der Waals surface area contributed by atoms with Gasteiger partial charge in [-0.25, -0.2) is 0 Å². The third-order valence-corrected chi connectivity index (χ3v) is 5.22. The van der Waals surface area contributed by atoms with Crippen LogP contribution in [0.3, 0.4) is 0 Å². The monoisotopic (exact) mass is 469 g/mol. The van der Waals surface area contributed by atoms with Gasteiger partial charge in [-0.1, -0.05) is 12.1 Å². The molecule has 1 heterocycles. The van der Waals surface area contributed by atoms with Crippen LogP contribution < -0.4 is 15.4 Å². The number of carbonyl (C=O) groups excluding carboxylic acids is 2. The molecule has 1 fully saturated rings. The molecular formula is C25H25F2N3O4. The SMILES string of the molecule is O=C(CN(Cc1ccc(C(=O)NC2CC2)cc1)Cc1ccco1)Nc1ccc(OC(F)F)cc1.